The molecular weight excluding hydrogens is 325 g/mol. The molecule has 0 radical (unpaired) electrons. The molecule has 1 heterocycles. The predicted molar refractivity (Wildman–Crippen MR) is 91.3 cm³/mol. The van der Waals surface area contributed by atoms with Crippen molar-refractivity contribution in [1.82, 2.24) is 9.13 Å². The van der Waals surface area contributed by atoms with E-state index in [4.69, 9.17) is 0 Å². The second-order valence-electron chi connectivity index (χ2n) is 5.27. The van der Waals surface area contributed by atoms with Crippen LogP contribution in [0, 0.1) is 5.82 Å². The molecule has 3 aromatic rings. The number of hydrogen-bond acceptors (Lipinski definition) is 3. The fourth-order valence-corrected chi connectivity index (χ4v) is 2.33. The van der Waals surface area contributed by atoms with Gasteiger partial charge in [0, 0.05) is 18.1 Å². The molecule has 1 N–H and O–H groups in total. The highest BCUT2D eigenvalue weighted by atomic mass is 19.1. The van der Waals surface area contributed by atoms with Gasteiger partial charge in [-0.1, -0.05) is 30.3 Å². The van der Waals surface area contributed by atoms with Crippen LogP contribution in [0.3, 0.4) is 0 Å². The zero-order valence-electron chi connectivity index (χ0n) is 13.1. The fraction of sp³-hybridized carbons (Fsp3) is 0.0556. The second-order valence-corrected chi connectivity index (χ2v) is 5.27. The Morgan fingerprint density at radius 3 is 2.32 bits per heavy atom. The van der Waals surface area contributed by atoms with Gasteiger partial charge in [-0.25, -0.2) is 4.39 Å². The summed E-state index contributed by atoms with van der Waals surface area (Å²) in [6.45, 7) is -0.391. The number of rotatable bonds is 4. The van der Waals surface area contributed by atoms with Crippen LogP contribution in [-0.4, -0.2) is 15.0 Å². The minimum Gasteiger partial charge on any atom is -0.322 e. The van der Waals surface area contributed by atoms with E-state index in [1.165, 1.54) is 35.2 Å². The Morgan fingerprint density at radius 2 is 1.60 bits per heavy atom. The zero-order valence-corrected chi connectivity index (χ0v) is 13.1. The molecule has 0 saturated heterocycles. The van der Waals surface area contributed by atoms with Crippen molar-refractivity contribution in [3.8, 4) is 5.69 Å². The van der Waals surface area contributed by atoms with Crippen LogP contribution >= 0.6 is 0 Å². The third-order valence-electron chi connectivity index (χ3n) is 3.55. The van der Waals surface area contributed by atoms with Gasteiger partial charge in [-0.15, -0.1) is 0 Å². The Bertz CT molecular complexity index is 1030. The van der Waals surface area contributed by atoms with E-state index in [0.29, 0.717) is 5.69 Å². The van der Waals surface area contributed by atoms with Crippen molar-refractivity contribution >= 4 is 11.6 Å². The summed E-state index contributed by atoms with van der Waals surface area (Å²) in [6, 6.07) is 14.4. The van der Waals surface area contributed by atoms with Crippen LogP contribution in [0.4, 0.5) is 10.1 Å². The summed E-state index contributed by atoms with van der Waals surface area (Å²) in [4.78, 5) is 36.4. The molecule has 0 unspecified atom stereocenters. The summed E-state index contributed by atoms with van der Waals surface area (Å²) in [7, 11) is 0. The first-order chi connectivity index (χ1) is 12.1. The first-order valence-electron chi connectivity index (χ1n) is 7.48. The minimum atomic E-state index is -0.838. The number of amides is 1. The molecule has 0 spiro atoms. The normalized spacial score (nSPS) is 10.4. The summed E-state index contributed by atoms with van der Waals surface area (Å²) < 4.78 is 15.7. The lowest BCUT2D eigenvalue weighted by Gasteiger charge is -2.10. The van der Waals surface area contributed by atoms with Gasteiger partial charge in [0.25, 0.3) is 0 Å². The van der Waals surface area contributed by atoms with Crippen LogP contribution in [0.2, 0.25) is 0 Å². The number of nitrogens with zero attached hydrogens (tertiary/aromatic N) is 2. The van der Waals surface area contributed by atoms with Gasteiger partial charge in [0.05, 0.1) is 5.69 Å². The van der Waals surface area contributed by atoms with E-state index in [0.717, 1.165) is 4.57 Å². The maximum Gasteiger partial charge on any atom is 0.320 e. The number of halogens is 1. The van der Waals surface area contributed by atoms with Crippen LogP contribution in [0.25, 0.3) is 5.69 Å². The number of aromatic nitrogens is 2. The lowest BCUT2D eigenvalue weighted by molar-refractivity contribution is -0.116. The molecule has 3 rings (SSSR count). The monoisotopic (exact) mass is 339 g/mol. The van der Waals surface area contributed by atoms with Crippen molar-refractivity contribution in [3.63, 3.8) is 0 Å². The zero-order chi connectivity index (χ0) is 17.8. The fourth-order valence-electron chi connectivity index (χ4n) is 2.33. The molecule has 1 aromatic heterocycles. The number of anilines is 1. The largest absolute Gasteiger partial charge is 0.322 e. The molecular formula is C18H14FN3O3. The number of carbonyl (C=O) groups is 1. The van der Waals surface area contributed by atoms with E-state index in [1.54, 1.807) is 36.4 Å². The summed E-state index contributed by atoms with van der Waals surface area (Å²) >= 11 is 0. The molecule has 126 valence electrons. The number of carbonyl (C=O) groups excluding carboxylic acids is 1. The van der Waals surface area contributed by atoms with Crippen molar-refractivity contribution < 1.29 is 9.18 Å². The molecule has 7 heteroatoms. The number of para-hydroxylation sites is 2. The molecule has 0 saturated carbocycles. The Hall–Kier alpha value is -3.48. The van der Waals surface area contributed by atoms with E-state index < -0.39 is 29.4 Å². The van der Waals surface area contributed by atoms with Gasteiger partial charge in [0.1, 0.15) is 12.4 Å². The smallest absolute Gasteiger partial charge is 0.320 e. The lowest BCUT2D eigenvalue weighted by Crippen LogP contribution is -2.41. The van der Waals surface area contributed by atoms with Gasteiger partial charge in [0.15, 0.2) is 0 Å². The molecule has 0 bridgehead atoms. The van der Waals surface area contributed by atoms with E-state index in [9.17, 15) is 18.8 Å². The van der Waals surface area contributed by atoms with Gasteiger partial charge in [-0.2, -0.15) is 0 Å². The molecule has 0 fully saturated rings. The summed E-state index contributed by atoms with van der Waals surface area (Å²) in [5, 5.41) is 2.37. The first kappa shape index (κ1) is 16.4. The highest BCUT2D eigenvalue weighted by Gasteiger charge is 2.11. The van der Waals surface area contributed by atoms with Crippen LogP contribution in [0.1, 0.15) is 0 Å². The summed E-state index contributed by atoms with van der Waals surface area (Å²) in [5.41, 5.74) is -1.05. The highest BCUT2D eigenvalue weighted by Crippen LogP contribution is 2.12. The van der Waals surface area contributed by atoms with E-state index in [-0.39, 0.29) is 5.69 Å². The molecule has 0 aliphatic carbocycles. The molecule has 2 aromatic carbocycles. The van der Waals surface area contributed by atoms with Gasteiger partial charge < -0.3 is 5.32 Å². The Kier molecular flexibility index (Phi) is 4.56. The molecule has 0 atom stereocenters. The van der Waals surface area contributed by atoms with Gasteiger partial charge in [-0.3, -0.25) is 23.5 Å². The molecule has 0 aliphatic rings. The van der Waals surface area contributed by atoms with Crippen LogP contribution in [0.5, 0.6) is 0 Å². The topological polar surface area (TPSA) is 73.1 Å². The Morgan fingerprint density at radius 1 is 0.920 bits per heavy atom. The third kappa shape index (κ3) is 3.55. The van der Waals surface area contributed by atoms with E-state index in [2.05, 4.69) is 5.32 Å². The number of benzene rings is 2. The quantitative estimate of drug-likeness (QED) is 0.737. The highest BCUT2D eigenvalue weighted by molar-refractivity contribution is 5.90. The standard InChI is InChI=1S/C18H14FN3O3/c19-14-8-4-5-9-15(14)20-16(23)12-21-10-11-22(18(25)17(21)24)13-6-2-1-3-7-13/h1-11H,12H2,(H,20,23). The molecule has 6 nitrogen and oxygen atoms in total. The van der Waals surface area contributed by atoms with Crippen LogP contribution in [-0.2, 0) is 11.3 Å². The maximum absolute atomic E-state index is 13.5. The van der Waals surface area contributed by atoms with Crippen LogP contribution in [0.15, 0.2) is 76.6 Å². The third-order valence-corrected chi connectivity index (χ3v) is 3.55. The van der Waals surface area contributed by atoms with Crippen molar-refractivity contribution in [2.45, 2.75) is 6.54 Å². The van der Waals surface area contributed by atoms with E-state index in [1.807, 2.05) is 0 Å². The maximum atomic E-state index is 13.5. The van der Waals surface area contributed by atoms with Gasteiger partial charge in [0.2, 0.25) is 5.91 Å². The van der Waals surface area contributed by atoms with Gasteiger partial charge in [-0.05, 0) is 24.3 Å². The minimum absolute atomic E-state index is 0.0122. The Labute approximate surface area is 141 Å². The second kappa shape index (κ2) is 6.96. The number of nitrogens with one attached hydrogen (secondary N) is 1. The SMILES string of the molecule is O=C(Cn1ccn(-c2ccccc2)c(=O)c1=O)Nc1ccccc1F. The predicted octanol–water partition coefficient (Wildman–Crippen LogP) is 1.78. The average molecular weight is 339 g/mol. The summed E-state index contributed by atoms with van der Waals surface area (Å²) in [6.07, 6.45) is 2.76. The molecule has 25 heavy (non-hydrogen) atoms. The van der Waals surface area contributed by atoms with E-state index >= 15 is 0 Å². The number of hydrogen-bond donors (Lipinski definition) is 1. The van der Waals surface area contributed by atoms with Crippen molar-refractivity contribution in [3.05, 3.63) is 93.5 Å². The lowest BCUT2D eigenvalue weighted by atomic mass is 10.3. The van der Waals surface area contributed by atoms with Crippen molar-refractivity contribution in [2.75, 3.05) is 5.32 Å². The molecule has 0 aliphatic heterocycles. The summed E-state index contributed by atoms with van der Waals surface area (Å²) in [5.74, 6) is -1.19. The molecule has 1 amide bonds. The average Bonchev–Trinajstić information content (AvgIpc) is 2.62. The van der Waals surface area contributed by atoms with Crippen molar-refractivity contribution in [1.29, 1.82) is 0 Å². The van der Waals surface area contributed by atoms with Gasteiger partial charge >= 0.3 is 11.1 Å². The Balaban J connectivity index is 1.83. The van der Waals surface area contributed by atoms with Crippen molar-refractivity contribution in [2.24, 2.45) is 0 Å². The first-order valence-corrected chi connectivity index (χ1v) is 7.48. The van der Waals surface area contributed by atoms with Crippen LogP contribution < -0.4 is 16.4 Å².